The van der Waals surface area contributed by atoms with Crippen LogP contribution in [0.4, 0.5) is 0 Å². The predicted molar refractivity (Wildman–Crippen MR) is 48.6 cm³/mol. The van der Waals surface area contributed by atoms with Crippen molar-refractivity contribution in [3.63, 3.8) is 0 Å². The lowest BCUT2D eigenvalue weighted by Crippen LogP contribution is -2.44. The molecule has 0 aromatic rings. The third-order valence-corrected chi connectivity index (χ3v) is 3.08. The van der Waals surface area contributed by atoms with Gasteiger partial charge in [-0.1, -0.05) is 0 Å². The van der Waals surface area contributed by atoms with Crippen molar-refractivity contribution in [3.8, 4) is 0 Å². The standard InChI is InChI=1S/C10H18O3/c1-7(9-3-11-4-9)13-8(2)10-5-12-6-10/h7-10H,3-6H2,1-2H3. The maximum atomic E-state index is 5.90. The molecule has 0 amide bonds. The van der Waals surface area contributed by atoms with Crippen LogP contribution in [0.15, 0.2) is 0 Å². The molecule has 0 radical (unpaired) electrons. The quantitative estimate of drug-likeness (QED) is 0.657. The zero-order valence-corrected chi connectivity index (χ0v) is 8.36. The summed E-state index contributed by atoms with van der Waals surface area (Å²) in [5.41, 5.74) is 0. The van der Waals surface area contributed by atoms with Gasteiger partial charge in [-0.15, -0.1) is 0 Å². The van der Waals surface area contributed by atoms with Gasteiger partial charge in [0.25, 0.3) is 0 Å². The lowest BCUT2D eigenvalue weighted by atomic mass is 9.99. The highest BCUT2D eigenvalue weighted by molar-refractivity contribution is 4.77. The van der Waals surface area contributed by atoms with Crippen LogP contribution >= 0.6 is 0 Å². The predicted octanol–water partition coefficient (Wildman–Crippen LogP) is 1.07. The first-order valence-corrected chi connectivity index (χ1v) is 5.08. The van der Waals surface area contributed by atoms with Gasteiger partial charge in [-0.25, -0.2) is 0 Å². The SMILES string of the molecule is CC(OC(C)C1COC1)C1COC1. The molecule has 0 aromatic carbocycles. The second-order valence-corrected chi connectivity index (χ2v) is 4.14. The van der Waals surface area contributed by atoms with Gasteiger partial charge < -0.3 is 14.2 Å². The Hall–Kier alpha value is -0.120. The lowest BCUT2D eigenvalue weighted by molar-refractivity contribution is -0.164. The Bertz CT molecular complexity index is 146. The summed E-state index contributed by atoms with van der Waals surface area (Å²) in [5.74, 6) is 1.23. The first-order chi connectivity index (χ1) is 6.27. The molecule has 3 heteroatoms. The fourth-order valence-corrected chi connectivity index (χ4v) is 1.61. The maximum absolute atomic E-state index is 5.90. The number of ether oxygens (including phenoxy) is 3. The van der Waals surface area contributed by atoms with Gasteiger partial charge in [0.1, 0.15) is 0 Å². The van der Waals surface area contributed by atoms with E-state index in [0.29, 0.717) is 24.0 Å². The van der Waals surface area contributed by atoms with Crippen LogP contribution in [0.5, 0.6) is 0 Å². The minimum Gasteiger partial charge on any atom is -0.380 e. The summed E-state index contributed by atoms with van der Waals surface area (Å²) < 4.78 is 16.2. The molecule has 2 fully saturated rings. The molecular weight excluding hydrogens is 168 g/mol. The summed E-state index contributed by atoms with van der Waals surface area (Å²) in [6, 6.07) is 0. The molecular formula is C10H18O3. The van der Waals surface area contributed by atoms with Gasteiger partial charge in [-0.2, -0.15) is 0 Å². The van der Waals surface area contributed by atoms with Gasteiger partial charge in [-0.05, 0) is 13.8 Å². The average Bonchev–Trinajstić information content (AvgIpc) is 1.76. The van der Waals surface area contributed by atoms with Gasteiger partial charge >= 0.3 is 0 Å². The summed E-state index contributed by atoms with van der Waals surface area (Å²) in [6.45, 7) is 7.76. The summed E-state index contributed by atoms with van der Waals surface area (Å²) in [4.78, 5) is 0. The van der Waals surface area contributed by atoms with Crippen LogP contribution in [0.2, 0.25) is 0 Å². The summed E-state index contributed by atoms with van der Waals surface area (Å²) in [6.07, 6.45) is 0.675. The molecule has 2 saturated heterocycles. The van der Waals surface area contributed by atoms with Crippen molar-refractivity contribution in [1.29, 1.82) is 0 Å². The van der Waals surface area contributed by atoms with E-state index in [0.717, 1.165) is 26.4 Å². The Morgan fingerprint density at radius 2 is 1.31 bits per heavy atom. The molecule has 0 aliphatic carbocycles. The Balaban J connectivity index is 1.69. The zero-order valence-electron chi connectivity index (χ0n) is 8.36. The van der Waals surface area contributed by atoms with E-state index in [1.807, 2.05) is 0 Å². The summed E-state index contributed by atoms with van der Waals surface area (Å²) >= 11 is 0. The largest absolute Gasteiger partial charge is 0.380 e. The second kappa shape index (κ2) is 3.95. The molecule has 2 atom stereocenters. The van der Waals surface area contributed by atoms with E-state index in [2.05, 4.69) is 13.8 Å². The minimum atomic E-state index is 0.337. The normalized spacial score (nSPS) is 29.1. The number of hydrogen-bond donors (Lipinski definition) is 0. The van der Waals surface area contributed by atoms with Gasteiger partial charge in [-0.3, -0.25) is 0 Å². The van der Waals surface area contributed by atoms with Crippen molar-refractivity contribution in [2.24, 2.45) is 11.8 Å². The smallest absolute Gasteiger partial charge is 0.0623 e. The van der Waals surface area contributed by atoms with E-state index in [-0.39, 0.29) is 0 Å². The first-order valence-electron chi connectivity index (χ1n) is 5.08. The van der Waals surface area contributed by atoms with Crippen molar-refractivity contribution in [1.82, 2.24) is 0 Å². The van der Waals surface area contributed by atoms with Crippen molar-refractivity contribution >= 4 is 0 Å². The van der Waals surface area contributed by atoms with Crippen molar-refractivity contribution in [2.45, 2.75) is 26.1 Å². The fraction of sp³-hybridized carbons (Fsp3) is 1.00. The monoisotopic (exact) mass is 186 g/mol. The third-order valence-electron chi connectivity index (χ3n) is 3.08. The molecule has 2 aliphatic heterocycles. The summed E-state index contributed by atoms with van der Waals surface area (Å²) in [5, 5.41) is 0. The van der Waals surface area contributed by atoms with Crippen LogP contribution in [0, 0.1) is 11.8 Å². The molecule has 76 valence electrons. The topological polar surface area (TPSA) is 27.7 Å². The molecule has 2 heterocycles. The van der Waals surface area contributed by atoms with E-state index in [1.165, 1.54) is 0 Å². The lowest BCUT2D eigenvalue weighted by Gasteiger charge is -2.37. The molecule has 0 aromatic heterocycles. The molecule has 2 unspecified atom stereocenters. The zero-order chi connectivity index (χ0) is 9.26. The molecule has 3 nitrogen and oxygen atoms in total. The van der Waals surface area contributed by atoms with Crippen LogP contribution < -0.4 is 0 Å². The highest BCUT2D eigenvalue weighted by atomic mass is 16.5. The van der Waals surface area contributed by atoms with E-state index in [1.54, 1.807) is 0 Å². The fourth-order valence-electron chi connectivity index (χ4n) is 1.61. The van der Waals surface area contributed by atoms with Gasteiger partial charge in [0.05, 0.1) is 38.6 Å². The van der Waals surface area contributed by atoms with Crippen LogP contribution in [-0.2, 0) is 14.2 Å². The molecule has 2 aliphatic rings. The van der Waals surface area contributed by atoms with Gasteiger partial charge in [0.15, 0.2) is 0 Å². The molecule has 13 heavy (non-hydrogen) atoms. The Kier molecular flexibility index (Phi) is 2.86. The van der Waals surface area contributed by atoms with E-state index in [9.17, 15) is 0 Å². The third kappa shape index (κ3) is 2.03. The Morgan fingerprint density at radius 3 is 1.54 bits per heavy atom. The number of rotatable bonds is 4. The number of hydrogen-bond acceptors (Lipinski definition) is 3. The van der Waals surface area contributed by atoms with Gasteiger partial charge in [0.2, 0.25) is 0 Å². The van der Waals surface area contributed by atoms with E-state index >= 15 is 0 Å². The molecule has 0 bridgehead atoms. The van der Waals surface area contributed by atoms with Crippen molar-refractivity contribution < 1.29 is 14.2 Å². The highest BCUT2D eigenvalue weighted by Gasteiger charge is 2.31. The molecule has 0 saturated carbocycles. The molecule has 2 rings (SSSR count). The van der Waals surface area contributed by atoms with Crippen molar-refractivity contribution in [2.75, 3.05) is 26.4 Å². The average molecular weight is 186 g/mol. The van der Waals surface area contributed by atoms with Crippen LogP contribution in [0.1, 0.15) is 13.8 Å². The van der Waals surface area contributed by atoms with Crippen LogP contribution in [0.3, 0.4) is 0 Å². The highest BCUT2D eigenvalue weighted by Crippen LogP contribution is 2.23. The van der Waals surface area contributed by atoms with Crippen LogP contribution in [-0.4, -0.2) is 38.6 Å². The first kappa shape index (κ1) is 9.44. The summed E-state index contributed by atoms with van der Waals surface area (Å²) in [7, 11) is 0. The second-order valence-electron chi connectivity index (χ2n) is 4.14. The minimum absolute atomic E-state index is 0.337. The molecule has 0 spiro atoms. The molecule has 0 N–H and O–H groups in total. The maximum Gasteiger partial charge on any atom is 0.0623 e. The van der Waals surface area contributed by atoms with Crippen LogP contribution in [0.25, 0.3) is 0 Å². The van der Waals surface area contributed by atoms with Gasteiger partial charge in [0, 0.05) is 11.8 Å². The Labute approximate surface area is 79.4 Å². The van der Waals surface area contributed by atoms with E-state index < -0.39 is 0 Å². The van der Waals surface area contributed by atoms with E-state index in [4.69, 9.17) is 14.2 Å². The Morgan fingerprint density at radius 1 is 0.923 bits per heavy atom. The van der Waals surface area contributed by atoms with Crippen molar-refractivity contribution in [3.05, 3.63) is 0 Å².